The highest BCUT2D eigenvalue weighted by atomic mass is 79.9. The minimum atomic E-state index is -0.827. The minimum Gasteiger partial charge on any atom is -0.445 e. The van der Waals surface area contributed by atoms with E-state index in [-0.39, 0.29) is 30.2 Å². The number of oxime groups is 1. The zero-order valence-electron chi connectivity index (χ0n) is 17.4. The van der Waals surface area contributed by atoms with Crippen molar-refractivity contribution >= 4 is 38.2 Å². The molecule has 0 aliphatic carbocycles. The molecule has 0 bridgehead atoms. The zero-order chi connectivity index (χ0) is 23.4. The lowest BCUT2D eigenvalue weighted by atomic mass is 10.0. The molecule has 2 aliphatic heterocycles. The molecule has 0 aromatic heterocycles. The van der Waals surface area contributed by atoms with Crippen molar-refractivity contribution in [2.75, 3.05) is 13.1 Å². The molecular formula is C22H21BrN4O6. The van der Waals surface area contributed by atoms with E-state index in [0.717, 1.165) is 5.56 Å². The van der Waals surface area contributed by atoms with Gasteiger partial charge in [0.1, 0.15) is 17.3 Å². The number of non-ortho nitro benzene ring substituents is 1. The van der Waals surface area contributed by atoms with Gasteiger partial charge in [-0.1, -0.05) is 35.5 Å². The third-order valence-corrected chi connectivity index (χ3v) is 6.28. The highest BCUT2D eigenvalue weighted by Gasteiger charge is 2.44. The lowest BCUT2D eigenvalue weighted by Gasteiger charge is -2.24. The number of nitro groups is 1. The summed E-state index contributed by atoms with van der Waals surface area (Å²) >= 11 is 3.37. The summed E-state index contributed by atoms with van der Waals surface area (Å²) in [6, 6.07) is 14.3. The second-order valence-electron chi connectivity index (χ2n) is 7.79. The molecule has 2 amide bonds. The number of alkyl carbamates (subject to hydrolysis) is 1. The van der Waals surface area contributed by atoms with Crippen LogP contribution in [0.5, 0.6) is 0 Å². The van der Waals surface area contributed by atoms with E-state index in [1.807, 2.05) is 30.3 Å². The summed E-state index contributed by atoms with van der Waals surface area (Å²) in [4.78, 5) is 43.1. The first kappa shape index (κ1) is 22.7. The smallest absolute Gasteiger partial charge is 0.408 e. The lowest BCUT2D eigenvalue weighted by molar-refractivity contribution is -0.384. The summed E-state index contributed by atoms with van der Waals surface area (Å²) in [6.45, 7) is 0.743. The van der Waals surface area contributed by atoms with Crippen LogP contribution < -0.4 is 5.32 Å². The number of carbonyl (C=O) groups is 2. The number of nitrogens with one attached hydrogen (secondary N) is 1. The molecule has 2 aromatic carbocycles. The predicted octanol–water partition coefficient (Wildman–Crippen LogP) is 3.00. The molecule has 2 heterocycles. The number of amides is 2. The van der Waals surface area contributed by atoms with Gasteiger partial charge in [-0.15, -0.1) is 0 Å². The predicted molar refractivity (Wildman–Crippen MR) is 122 cm³/mol. The van der Waals surface area contributed by atoms with Gasteiger partial charge in [-0.3, -0.25) is 14.9 Å². The third kappa shape index (κ3) is 5.48. The van der Waals surface area contributed by atoms with E-state index in [4.69, 9.17) is 9.57 Å². The van der Waals surface area contributed by atoms with E-state index in [1.165, 1.54) is 24.3 Å². The van der Waals surface area contributed by atoms with Crippen LogP contribution >= 0.6 is 15.9 Å². The van der Waals surface area contributed by atoms with E-state index in [0.29, 0.717) is 29.7 Å². The van der Waals surface area contributed by atoms with Gasteiger partial charge in [-0.2, -0.15) is 0 Å². The first-order valence-corrected chi connectivity index (χ1v) is 11.1. The second kappa shape index (κ2) is 9.99. The molecule has 11 heteroatoms. The lowest BCUT2D eigenvalue weighted by Crippen LogP contribution is -2.49. The molecule has 1 fully saturated rings. The van der Waals surface area contributed by atoms with Crippen LogP contribution in [0.15, 0.2) is 59.8 Å². The molecule has 0 unspecified atom stereocenters. The van der Waals surface area contributed by atoms with Gasteiger partial charge >= 0.3 is 6.09 Å². The number of halogens is 1. The van der Waals surface area contributed by atoms with Crippen molar-refractivity contribution in [3.8, 4) is 0 Å². The topological polar surface area (TPSA) is 123 Å². The van der Waals surface area contributed by atoms with Gasteiger partial charge in [0.2, 0.25) is 5.91 Å². The molecular weight excluding hydrogens is 496 g/mol. The first-order valence-electron chi connectivity index (χ1n) is 10.3. The number of likely N-dealkylation sites (tertiary alicyclic amines) is 1. The van der Waals surface area contributed by atoms with Crippen molar-refractivity contribution in [2.45, 2.75) is 25.2 Å². The van der Waals surface area contributed by atoms with E-state index in [9.17, 15) is 19.7 Å². The zero-order valence-corrected chi connectivity index (χ0v) is 19.0. The Kier molecular flexibility index (Phi) is 6.87. The normalized spacial score (nSPS) is 19.8. The molecule has 2 aromatic rings. The summed E-state index contributed by atoms with van der Waals surface area (Å²) in [5, 5.41) is 17.3. The average Bonchev–Trinajstić information content (AvgIpc) is 3.40. The summed E-state index contributed by atoms with van der Waals surface area (Å²) in [6.07, 6.45) is -0.648. The summed E-state index contributed by atoms with van der Waals surface area (Å²) in [5.74, 6) is -0.246. The van der Waals surface area contributed by atoms with Crippen LogP contribution in [0.25, 0.3) is 0 Å². The Bertz CT molecular complexity index is 1060. The Balaban J connectivity index is 1.40. The van der Waals surface area contributed by atoms with Crippen LogP contribution in [-0.4, -0.2) is 51.7 Å². The molecule has 10 nitrogen and oxygen atoms in total. The van der Waals surface area contributed by atoms with E-state index < -0.39 is 17.1 Å². The van der Waals surface area contributed by atoms with Gasteiger partial charge in [0.25, 0.3) is 5.69 Å². The van der Waals surface area contributed by atoms with E-state index in [1.54, 1.807) is 4.90 Å². The van der Waals surface area contributed by atoms with Crippen LogP contribution in [0.3, 0.4) is 0 Å². The second-order valence-corrected chi connectivity index (χ2v) is 8.61. The molecule has 2 aliphatic rings. The molecule has 3 atom stereocenters. The molecule has 172 valence electrons. The monoisotopic (exact) mass is 516 g/mol. The largest absolute Gasteiger partial charge is 0.445 e. The van der Waals surface area contributed by atoms with Crippen LogP contribution in [0.4, 0.5) is 10.5 Å². The Morgan fingerprint density at radius 1 is 1.18 bits per heavy atom. The van der Waals surface area contributed by atoms with Crippen molar-refractivity contribution in [3.63, 3.8) is 0 Å². The number of nitrogens with zero attached hydrogens (tertiary/aromatic N) is 3. The summed E-state index contributed by atoms with van der Waals surface area (Å²) in [7, 11) is 0. The highest BCUT2D eigenvalue weighted by molar-refractivity contribution is 9.18. The van der Waals surface area contributed by atoms with Gasteiger partial charge in [0.15, 0.2) is 6.10 Å². The van der Waals surface area contributed by atoms with Crippen molar-refractivity contribution in [1.82, 2.24) is 10.2 Å². The van der Waals surface area contributed by atoms with Crippen LogP contribution in [0.2, 0.25) is 0 Å². The fourth-order valence-electron chi connectivity index (χ4n) is 3.79. The van der Waals surface area contributed by atoms with Crippen molar-refractivity contribution < 1.29 is 24.1 Å². The number of hydrogen-bond acceptors (Lipinski definition) is 7. The molecule has 0 radical (unpaired) electrons. The number of hydrogen-bond donors (Lipinski definition) is 1. The number of fused-ring (bicyclic) bond motifs is 1. The van der Waals surface area contributed by atoms with Gasteiger partial charge in [-0.25, -0.2) is 4.79 Å². The van der Waals surface area contributed by atoms with Gasteiger partial charge < -0.3 is 19.8 Å². The molecule has 4 rings (SSSR count). The quantitative estimate of drug-likeness (QED) is 0.445. The maximum absolute atomic E-state index is 13.3. The fraction of sp³-hybridized carbons (Fsp3) is 0.318. The van der Waals surface area contributed by atoms with Crippen molar-refractivity contribution in [2.24, 2.45) is 11.1 Å². The summed E-state index contributed by atoms with van der Waals surface area (Å²) < 4.78 is 5.94. The Morgan fingerprint density at radius 2 is 1.91 bits per heavy atom. The Labute approximate surface area is 197 Å². The van der Waals surface area contributed by atoms with Gasteiger partial charge in [-0.05, 0) is 39.2 Å². The summed E-state index contributed by atoms with van der Waals surface area (Å²) in [5.41, 5.74) is 1.44. The number of benzene rings is 2. The number of nitro benzene ring substituents is 1. The number of carbonyl (C=O) groups excluding carboxylic acids is 2. The standard InChI is InChI=1S/C22H21BrN4O6/c23-20-17-11-26(12-19(17)33-25-20)21(28)18(10-14-4-2-1-3-5-14)24-22(29)32-13-15-6-8-16(9-7-15)27(30)31/h1-9,17-19H,10-13H2,(H,24,29)/t17-,18-,19+/m0/s1. The molecule has 0 spiro atoms. The van der Waals surface area contributed by atoms with Crippen LogP contribution in [-0.2, 0) is 27.4 Å². The number of ether oxygens (including phenoxy) is 1. The van der Waals surface area contributed by atoms with Gasteiger partial charge in [0, 0.05) is 25.1 Å². The SMILES string of the molecule is O=C(N[C@@H](Cc1ccccc1)C(=O)N1C[C@@H]2C(Br)=NO[C@@H]2C1)OCc1ccc([N+](=O)[O-])cc1. The maximum Gasteiger partial charge on any atom is 0.408 e. The Morgan fingerprint density at radius 3 is 2.58 bits per heavy atom. The third-order valence-electron chi connectivity index (χ3n) is 5.55. The average molecular weight is 517 g/mol. The van der Waals surface area contributed by atoms with Crippen LogP contribution in [0.1, 0.15) is 11.1 Å². The minimum absolute atomic E-state index is 0.0135. The van der Waals surface area contributed by atoms with Gasteiger partial charge in [0.05, 0.1) is 17.4 Å². The molecule has 1 saturated heterocycles. The maximum atomic E-state index is 13.3. The van der Waals surface area contributed by atoms with E-state index >= 15 is 0 Å². The highest BCUT2D eigenvalue weighted by Crippen LogP contribution is 2.30. The molecule has 0 saturated carbocycles. The molecule has 33 heavy (non-hydrogen) atoms. The first-order chi connectivity index (χ1) is 15.9. The van der Waals surface area contributed by atoms with Crippen molar-refractivity contribution in [1.29, 1.82) is 0 Å². The Hall–Kier alpha value is -3.47. The van der Waals surface area contributed by atoms with Crippen molar-refractivity contribution in [3.05, 3.63) is 75.8 Å². The fourth-order valence-corrected chi connectivity index (χ4v) is 4.32. The van der Waals surface area contributed by atoms with Crippen LogP contribution in [0, 0.1) is 16.0 Å². The number of rotatable bonds is 7. The van der Waals surface area contributed by atoms with E-state index in [2.05, 4.69) is 26.4 Å². The molecule has 1 N–H and O–H groups in total.